The Kier molecular flexibility index (Phi) is 6.23. The summed E-state index contributed by atoms with van der Waals surface area (Å²) in [6.45, 7) is 2.48. The molecule has 2 amide bonds. The van der Waals surface area contributed by atoms with Crippen LogP contribution in [0.3, 0.4) is 0 Å². The summed E-state index contributed by atoms with van der Waals surface area (Å²) in [5, 5.41) is 8.82. The summed E-state index contributed by atoms with van der Waals surface area (Å²) in [6, 6.07) is -0.397. The van der Waals surface area contributed by atoms with Crippen LogP contribution in [0.4, 0.5) is 4.79 Å². The summed E-state index contributed by atoms with van der Waals surface area (Å²) in [6.07, 6.45) is -0.157. The number of carbonyl (C=O) groups excluding carboxylic acids is 2. The van der Waals surface area contributed by atoms with Crippen molar-refractivity contribution in [2.45, 2.75) is 19.4 Å². The average Bonchev–Trinajstić information content (AvgIpc) is 2.45. The van der Waals surface area contributed by atoms with E-state index in [9.17, 15) is 14.4 Å². The minimum Gasteiger partial charge on any atom is -0.480 e. The topological polar surface area (TPSA) is 96.4 Å². The number of carbonyl (C=O) groups is 3. The van der Waals surface area contributed by atoms with Gasteiger partial charge in [0.05, 0.1) is 20.3 Å². The van der Waals surface area contributed by atoms with Gasteiger partial charge >= 0.3 is 18.0 Å². The number of aliphatic carboxylic acids is 1. The molecule has 1 unspecified atom stereocenters. The van der Waals surface area contributed by atoms with Crippen LogP contribution in [0.5, 0.6) is 0 Å². The standard InChI is InChI=1S/C12H20N2O6/c1-3-4-13(8-10(15)16)12(18)14-5-6-20-9(7-14)11(17)19-2/h9H,3-8H2,1-2H3,(H,15,16). The fraction of sp³-hybridized carbons (Fsp3) is 0.750. The summed E-state index contributed by atoms with van der Waals surface area (Å²) in [4.78, 5) is 37.1. The Bertz CT molecular complexity index is 373. The number of carboxylic acid groups (broad SMARTS) is 1. The van der Waals surface area contributed by atoms with Gasteiger partial charge in [-0.25, -0.2) is 9.59 Å². The number of rotatable bonds is 5. The smallest absolute Gasteiger partial charge is 0.336 e. The highest BCUT2D eigenvalue weighted by Crippen LogP contribution is 2.10. The second-order valence-electron chi connectivity index (χ2n) is 4.43. The summed E-state index contributed by atoms with van der Waals surface area (Å²) in [7, 11) is 1.25. The van der Waals surface area contributed by atoms with Gasteiger partial charge in [-0.2, -0.15) is 0 Å². The van der Waals surface area contributed by atoms with E-state index in [4.69, 9.17) is 9.84 Å². The second-order valence-corrected chi connectivity index (χ2v) is 4.43. The van der Waals surface area contributed by atoms with Gasteiger partial charge < -0.3 is 24.4 Å². The van der Waals surface area contributed by atoms with Gasteiger partial charge in [0.15, 0.2) is 6.10 Å². The fourth-order valence-electron chi connectivity index (χ4n) is 1.97. The third kappa shape index (κ3) is 4.37. The summed E-state index contributed by atoms with van der Waals surface area (Å²) >= 11 is 0. The van der Waals surface area contributed by atoms with Crippen molar-refractivity contribution < 1.29 is 29.0 Å². The fourth-order valence-corrected chi connectivity index (χ4v) is 1.97. The summed E-state index contributed by atoms with van der Waals surface area (Å²) in [5.41, 5.74) is 0. The Hall–Kier alpha value is -1.83. The largest absolute Gasteiger partial charge is 0.480 e. The van der Waals surface area contributed by atoms with Crippen LogP contribution in [0.2, 0.25) is 0 Å². The first kappa shape index (κ1) is 16.2. The van der Waals surface area contributed by atoms with Gasteiger partial charge in [0.1, 0.15) is 6.54 Å². The van der Waals surface area contributed by atoms with Crippen molar-refractivity contribution in [2.75, 3.05) is 39.9 Å². The van der Waals surface area contributed by atoms with Crippen molar-refractivity contribution in [1.29, 1.82) is 0 Å². The van der Waals surface area contributed by atoms with Crippen molar-refractivity contribution in [3.63, 3.8) is 0 Å². The Morgan fingerprint density at radius 3 is 2.70 bits per heavy atom. The first-order chi connectivity index (χ1) is 9.49. The van der Waals surface area contributed by atoms with Crippen molar-refractivity contribution >= 4 is 18.0 Å². The lowest BCUT2D eigenvalue weighted by Gasteiger charge is -2.34. The van der Waals surface area contributed by atoms with E-state index in [1.807, 2.05) is 6.92 Å². The van der Waals surface area contributed by atoms with Crippen LogP contribution in [-0.4, -0.2) is 78.9 Å². The first-order valence-corrected chi connectivity index (χ1v) is 6.44. The average molecular weight is 288 g/mol. The number of methoxy groups -OCH3 is 1. The van der Waals surface area contributed by atoms with Gasteiger partial charge in [0.25, 0.3) is 0 Å². The number of esters is 1. The van der Waals surface area contributed by atoms with Gasteiger partial charge in [0, 0.05) is 13.1 Å². The van der Waals surface area contributed by atoms with E-state index in [1.54, 1.807) is 0 Å². The monoisotopic (exact) mass is 288 g/mol. The summed E-state index contributed by atoms with van der Waals surface area (Å²) < 4.78 is 9.81. The molecule has 1 N–H and O–H groups in total. The predicted molar refractivity (Wildman–Crippen MR) is 68.2 cm³/mol. The molecule has 1 heterocycles. The van der Waals surface area contributed by atoms with Gasteiger partial charge in [0.2, 0.25) is 0 Å². The van der Waals surface area contributed by atoms with Gasteiger partial charge in [-0.15, -0.1) is 0 Å². The molecule has 114 valence electrons. The molecule has 0 aliphatic carbocycles. The zero-order valence-electron chi connectivity index (χ0n) is 11.7. The van der Waals surface area contributed by atoms with Crippen LogP contribution in [0.1, 0.15) is 13.3 Å². The minimum atomic E-state index is -1.07. The van der Waals surface area contributed by atoms with Gasteiger partial charge in [-0.3, -0.25) is 4.79 Å². The molecular formula is C12H20N2O6. The molecule has 0 radical (unpaired) electrons. The lowest BCUT2D eigenvalue weighted by atomic mass is 10.3. The molecule has 0 spiro atoms. The van der Waals surface area contributed by atoms with Crippen LogP contribution in [0.15, 0.2) is 0 Å². The van der Waals surface area contributed by atoms with E-state index < -0.39 is 24.1 Å². The van der Waals surface area contributed by atoms with Crippen LogP contribution in [-0.2, 0) is 19.1 Å². The number of hydrogen-bond donors (Lipinski definition) is 1. The minimum absolute atomic E-state index is 0.0747. The molecule has 1 atom stereocenters. The molecule has 20 heavy (non-hydrogen) atoms. The highest BCUT2D eigenvalue weighted by molar-refractivity contribution is 5.81. The zero-order valence-corrected chi connectivity index (χ0v) is 11.7. The quantitative estimate of drug-likeness (QED) is 0.702. The maximum atomic E-state index is 12.3. The molecule has 1 aliphatic heterocycles. The molecule has 0 aromatic rings. The van der Waals surface area contributed by atoms with Crippen LogP contribution in [0, 0.1) is 0 Å². The Morgan fingerprint density at radius 2 is 2.15 bits per heavy atom. The maximum Gasteiger partial charge on any atom is 0.336 e. The van der Waals surface area contributed by atoms with Crippen molar-refractivity contribution in [3.8, 4) is 0 Å². The molecule has 1 saturated heterocycles. The Morgan fingerprint density at radius 1 is 1.45 bits per heavy atom. The molecule has 8 heteroatoms. The number of morpholine rings is 1. The van der Waals surface area contributed by atoms with E-state index >= 15 is 0 Å². The number of hydrogen-bond acceptors (Lipinski definition) is 5. The van der Waals surface area contributed by atoms with Crippen molar-refractivity contribution in [3.05, 3.63) is 0 Å². The van der Waals surface area contributed by atoms with E-state index in [0.29, 0.717) is 19.5 Å². The number of urea groups is 1. The van der Waals surface area contributed by atoms with Gasteiger partial charge in [-0.05, 0) is 6.42 Å². The van der Waals surface area contributed by atoms with E-state index in [-0.39, 0.29) is 19.7 Å². The molecule has 1 rings (SSSR count). The SMILES string of the molecule is CCCN(CC(=O)O)C(=O)N1CCOC(C(=O)OC)C1. The van der Waals surface area contributed by atoms with Gasteiger partial charge in [-0.1, -0.05) is 6.92 Å². The number of nitrogens with zero attached hydrogens (tertiary/aromatic N) is 2. The maximum absolute atomic E-state index is 12.3. The molecule has 0 aromatic carbocycles. The molecule has 0 aromatic heterocycles. The molecule has 0 saturated carbocycles. The van der Waals surface area contributed by atoms with Crippen LogP contribution >= 0.6 is 0 Å². The zero-order chi connectivity index (χ0) is 15.1. The second kappa shape index (κ2) is 7.68. The van der Waals surface area contributed by atoms with Crippen LogP contribution < -0.4 is 0 Å². The normalized spacial score (nSPS) is 18.5. The first-order valence-electron chi connectivity index (χ1n) is 6.44. The number of carboxylic acids is 1. The lowest BCUT2D eigenvalue weighted by Crippen LogP contribution is -2.54. The number of amides is 2. The molecule has 0 bridgehead atoms. The van der Waals surface area contributed by atoms with E-state index in [2.05, 4.69) is 4.74 Å². The molecule has 8 nitrogen and oxygen atoms in total. The Labute approximate surface area is 117 Å². The Balaban J connectivity index is 2.67. The van der Waals surface area contributed by atoms with E-state index in [0.717, 1.165) is 0 Å². The molecular weight excluding hydrogens is 268 g/mol. The number of ether oxygens (including phenoxy) is 2. The van der Waals surface area contributed by atoms with Crippen LogP contribution in [0.25, 0.3) is 0 Å². The van der Waals surface area contributed by atoms with E-state index in [1.165, 1.54) is 16.9 Å². The molecule has 1 aliphatic rings. The summed E-state index contributed by atoms with van der Waals surface area (Å²) in [5.74, 6) is -1.60. The molecule has 1 fully saturated rings. The lowest BCUT2D eigenvalue weighted by molar-refractivity contribution is -0.158. The van der Waals surface area contributed by atoms with Crippen molar-refractivity contribution in [1.82, 2.24) is 9.80 Å². The van der Waals surface area contributed by atoms with Crippen molar-refractivity contribution in [2.24, 2.45) is 0 Å². The highest BCUT2D eigenvalue weighted by atomic mass is 16.6. The third-order valence-electron chi connectivity index (χ3n) is 2.89. The highest BCUT2D eigenvalue weighted by Gasteiger charge is 2.32. The third-order valence-corrected chi connectivity index (χ3v) is 2.89. The predicted octanol–water partition coefficient (Wildman–Crippen LogP) is -0.223.